The second-order valence-corrected chi connectivity index (χ2v) is 6.52. The third-order valence-corrected chi connectivity index (χ3v) is 4.41. The number of nitrogens with one attached hydrogen (secondary N) is 1. The lowest BCUT2D eigenvalue weighted by atomic mass is 10.2. The first-order valence-electron chi connectivity index (χ1n) is 6.60. The van der Waals surface area contributed by atoms with E-state index >= 15 is 0 Å². The first-order valence-corrected chi connectivity index (χ1v) is 7.79. The third-order valence-electron chi connectivity index (χ3n) is 2.90. The van der Waals surface area contributed by atoms with Crippen molar-refractivity contribution >= 4 is 28.8 Å². The number of carbonyl (C=O) groups excluding carboxylic acids is 1. The molecule has 0 fully saturated rings. The van der Waals surface area contributed by atoms with Gasteiger partial charge in [-0.1, -0.05) is 29.8 Å². The van der Waals surface area contributed by atoms with Gasteiger partial charge in [-0.05, 0) is 32.6 Å². The van der Waals surface area contributed by atoms with Crippen molar-refractivity contribution in [2.45, 2.75) is 20.0 Å². The molecule has 0 atom stereocenters. The molecule has 0 spiro atoms. The van der Waals surface area contributed by atoms with E-state index in [4.69, 9.17) is 11.6 Å². The van der Waals surface area contributed by atoms with Crippen LogP contribution in [0.4, 0.5) is 0 Å². The molecule has 0 saturated carbocycles. The van der Waals surface area contributed by atoms with Gasteiger partial charge in [0.1, 0.15) is 9.88 Å². The number of aryl methyl sites for hydroxylation is 1. The number of nitrogens with zero attached hydrogens (tertiary/aromatic N) is 2. The lowest BCUT2D eigenvalue weighted by Gasteiger charge is -2.06. The van der Waals surface area contributed by atoms with Crippen LogP contribution in [0.15, 0.2) is 24.3 Å². The number of rotatable bonds is 5. The van der Waals surface area contributed by atoms with Crippen LogP contribution in [0, 0.1) is 6.92 Å². The molecule has 1 aromatic carbocycles. The quantitative estimate of drug-likeness (QED) is 0.919. The Morgan fingerprint density at radius 3 is 2.76 bits per heavy atom. The highest BCUT2D eigenvalue weighted by molar-refractivity contribution is 7.13. The van der Waals surface area contributed by atoms with Crippen molar-refractivity contribution in [3.63, 3.8) is 0 Å². The predicted octanol–water partition coefficient (Wildman–Crippen LogP) is 3.10. The van der Waals surface area contributed by atoms with Gasteiger partial charge in [-0.25, -0.2) is 4.98 Å². The molecular formula is C15H18ClN3OS. The van der Waals surface area contributed by atoms with Gasteiger partial charge in [-0.3, -0.25) is 4.79 Å². The molecule has 0 bridgehead atoms. The Hall–Kier alpha value is -1.43. The molecule has 0 radical (unpaired) electrons. The van der Waals surface area contributed by atoms with E-state index in [2.05, 4.69) is 10.3 Å². The molecule has 112 valence electrons. The Bertz CT molecular complexity index is 640. The number of thiazole rings is 1. The maximum Gasteiger partial charge on any atom is 0.263 e. The smallest absolute Gasteiger partial charge is 0.263 e. The van der Waals surface area contributed by atoms with Gasteiger partial charge in [0.15, 0.2) is 0 Å². The van der Waals surface area contributed by atoms with Gasteiger partial charge in [0, 0.05) is 18.1 Å². The summed E-state index contributed by atoms with van der Waals surface area (Å²) in [7, 11) is 3.96. The zero-order valence-electron chi connectivity index (χ0n) is 12.3. The zero-order valence-corrected chi connectivity index (χ0v) is 13.9. The molecule has 0 aliphatic heterocycles. The van der Waals surface area contributed by atoms with Crippen molar-refractivity contribution in [3.05, 3.63) is 50.4 Å². The van der Waals surface area contributed by atoms with E-state index in [1.165, 1.54) is 11.3 Å². The molecule has 21 heavy (non-hydrogen) atoms. The Balaban J connectivity index is 2.04. The van der Waals surface area contributed by atoms with E-state index in [0.29, 0.717) is 16.4 Å². The molecule has 1 N–H and O–H groups in total. The summed E-state index contributed by atoms with van der Waals surface area (Å²) >= 11 is 7.52. The molecule has 4 nitrogen and oxygen atoms in total. The lowest BCUT2D eigenvalue weighted by Crippen LogP contribution is -2.22. The molecule has 2 aromatic rings. The van der Waals surface area contributed by atoms with Crippen LogP contribution in [0.5, 0.6) is 0 Å². The van der Waals surface area contributed by atoms with Gasteiger partial charge >= 0.3 is 0 Å². The Morgan fingerprint density at radius 2 is 2.10 bits per heavy atom. The number of amides is 1. The summed E-state index contributed by atoms with van der Waals surface area (Å²) in [6.45, 7) is 3.02. The fourth-order valence-electron chi connectivity index (χ4n) is 1.90. The highest BCUT2D eigenvalue weighted by atomic mass is 35.5. The van der Waals surface area contributed by atoms with Crippen LogP contribution >= 0.6 is 22.9 Å². The van der Waals surface area contributed by atoms with Crippen molar-refractivity contribution in [2.75, 3.05) is 14.1 Å². The van der Waals surface area contributed by atoms with E-state index in [1.54, 1.807) is 0 Å². The Labute approximate surface area is 133 Å². The van der Waals surface area contributed by atoms with Crippen LogP contribution in [0.3, 0.4) is 0 Å². The zero-order chi connectivity index (χ0) is 15.4. The lowest BCUT2D eigenvalue weighted by molar-refractivity contribution is 0.0954. The number of carbonyl (C=O) groups is 1. The monoisotopic (exact) mass is 323 g/mol. The van der Waals surface area contributed by atoms with Crippen LogP contribution in [0.2, 0.25) is 5.02 Å². The summed E-state index contributed by atoms with van der Waals surface area (Å²) < 4.78 is 0. The van der Waals surface area contributed by atoms with E-state index in [1.807, 2.05) is 50.2 Å². The first-order chi connectivity index (χ1) is 9.97. The maximum absolute atomic E-state index is 12.3. The van der Waals surface area contributed by atoms with Crippen molar-refractivity contribution < 1.29 is 4.79 Å². The SMILES string of the molecule is Cc1nc(CN(C)C)sc1C(=O)NCc1ccccc1Cl. The highest BCUT2D eigenvalue weighted by Crippen LogP contribution is 2.20. The number of halogens is 1. The summed E-state index contributed by atoms with van der Waals surface area (Å²) in [6.07, 6.45) is 0. The van der Waals surface area contributed by atoms with Crippen molar-refractivity contribution in [2.24, 2.45) is 0 Å². The molecule has 6 heteroatoms. The average Bonchev–Trinajstić information content (AvgIpc) is 2.77. The molecule has 2 rings (SSSR count). The molecule has 0 aliphatic rings. The Kier molecular flexibility index (Phi) is 5.33. The number of aromatic nitrogens is 1. The van der Waals surface area contributed by atoms with E-state index in [-0.39, 0.29) is 5.91 Å². The van der Waals surface area contributed by atoms with Crippen molar-refractivity contribution in [1.29, 1.82) is 0 Å². The molecular weight excluding hydrogens is 306 g/mol. The fraction of sp³-hybridized carbons (Fsp3) is 0.333. The summed E-state index contributed by atoms with van der Waals surface area (Å²) in [5.74, 6) is -0.102. The number of hydrogen-bond donors (Lipinski definition) is 1. The predicted molar refractivity (Wildman–Crippen MR) is 86.9 cm³/mol. The van der Waals surface area contributed by atoms with Crippen LogP contribution in [0.25, 0.3) is 0 Å². The first kappa shape index (κ1) is 15.9. The summed E-state index contributed by atoms with van der Waals surface area (Å²) in [5, 5.41) is 4.50. The van der Waals surface area contributed by atoms with Crippen LogP contribution in [-0.4, -0.2) is 29.9 Å². The molecule has 0 unspecified atom stereocenters. The molecule has 1 amide bonds. The highest BCUT2D eigenvalue weighted by Gasteiger charge is 2.15. The summed E-state index contributed by atoms with van der Waals surface area (Å²) in [6, 6.07) is 7.49. The minimum absolute atomic E-state index is 0.102. The van der Waals surface area contributed by atoms with Gasteiger partial charge in [-0.15, -0.1) is 11.3 Å². The Morgan fingerprint density at radius 1 is 1.38 bits per heavy atom. The normalized spacial score (nSPS) is 10.9. The van der Waals surface area contributed by atoms with Gasteiger partial charge in [-0.2, -0.15) is 0 Å². The van der Waals surface area contributed by atoms with Crippen molar-refractivity contribution in [3.8, 4) is 0 Å². The van der Waals surface area contributed by atoms with E-state index < -0.39 is 0 Å². The molecule has 1 aromatic heterocycles. The minimum Gasteiger partial charge on any atom is -0.347 e. The van der Waals surface area contributed by atoms with Crippen molar-refractivity contribution in [1.82, 2.24) is 15.2 Å². The number of benzene rings is 1. The van der Waals surface area contributed by atoms with Crippen LogP contribution in [0.1, 0.15) is 25.9 Å². The standard InChI is InChI=1S/C15H18ClN3OS/c1-10-14(21-13(18-10)9-19(2)3)15(20)17-8-11-6-4-5-7-12(11)16/h4-7H,8-9H2,1-3H3,(H,17,20). The van der Waals surface area contributed by atoms with Gasteiger partial charge in [0.25, 0.3) is 5.91 Å². The second-order valence-electron chi connectivity index (χ2n) is 5.03. The third kappa shape index (κ3) is 4.27. The van der Waals surface area contributed by atoms with Gasteiger partial charge < -0.3 is 10.2 Å². The number of hydrogen-bond acceptors (Lipinski definition) is 4. The largest absolute Gasteiger partial charge is 0.347 e. The molecule has 1 heterocycles. The maximum atomic E-state index is 12.3. The van der Waals surface area contributed by atoms with E-state index in [9.17, 15) is 4.79 Å². The topological polar surface area (TPSA) is 45.2 Å². The summed E-state index contributed by atoms with van der Waals surface area (Å²) in [4.78, 5) is 19.4. The van der Waals surface area contributed by atoms with E-state index in [0.717, 1.165) is 22.8 Å². The van der Waals surface area contributed by atoms with Gasteiger partial charge in [0.05, 0.1) is 5.69 Å². The fourth-order valence-corrected chi connectivity index (χ4v) is 3.20. The van der Waals surface area contributed by atoms with Crippen LogP contribution in [-0.2, 0) is 13.1 Å². The van der Waals surface area contributed by atoms with Gasteiger partial charge in [0.2, 0.25) is 0 Å². The summed E-state index contributed by atoms with van der Waals surface area (Å²) in [5.41, 5.74) is 1.68. The average molecular weight is 324 g/mol. The second kappa shape index (κ2) is 7.02. The van der Waals surface area contributed by atoms with Crippen LogP contribution < -0.4 is 5.32 Å². The molecule has 0 aliphatic carbocycles. The molecule has 0 saturated heterocycles. The minimum atomic E-state index is -0.102.